The number of piperazine rings is 1. The molecule has 2 aromatic heterocycles. The van der Waals surface area contributed by atoms with E-state index in [1.165, 1.54) is 12.5 Å². The molecule has 0 atom stereocenters. The largest absolute Gasteiger partial charge is 0.453 e. The summed E-state index contributed by atoms with van der Waals surface area (Å²) in [6.45, 7) is 4.82. The number of anilines is 1. The molecule has 35 heavy (non-hydrogen) atoms. The summed E-state index contributed by atoms with van der Waals surface area (Å²) < 4.78 is 40.2. The summed E-state index contributed by atoms with van der Waals surface area (Å²) >= 11 is 0. The van der Waals surface area contributed by atoms with Gasteiger partial charge in [-0.1, -0.05) is 0 Å². The smallest absolute Gasteiger partial charge is 0.355 e. The third-order valence-corrected chi connectivity index (χ3v) is 7.16. The van der Waals surface area contributed by atoms with Crippen molar-refractivity contribution in [1.29, 1.82) is 0 Å². The highest BCUT2D eigenvalue weighted by Gasteiger charge is 2.38. The third-order valence-electron chi connectivity index (χ3n) is 7.16. The van der Waals surface area contributed by atoms with E-state index in [2.05, 4.69) is 15.3 Å². The fraction of sp³-hybridized carbons (Fsp3) is 0.682. The average Bonchev–Trinajstić information content (AvgIpc) is 3.33. The molecule has 0 aliphatic carbocycles. The molecule has 2 aromatic rings. The molecule has 0 N–H and O–H groups in total. The zero-order chi connectivity index (χ0) is 24.6. The first-order valence-corrected chi connectivity index (χ1v) is 12.2. The summed E-state index contributed by atoms with van der Waals surface area (Å²) in [5.41, 5.74) is 0.0315. The van der Waals surface area contributed by atoms with Gasteiger partial charge in [0.1, 0.15) is 5.82 Å². The third kappa shape index (κ3) is 4.85. The van der Waals surface area contributed by atoms with Gasteiger partial charge in [-0.3, -0.25) is 4.79 Å². The van der Waals surface area contributed by atoms with Gasteiger partial charge in [0.05, 0.1) is 0 Å². The highest BCUT2D eigenvalue weighted by atomic mass is 19.4. The van der Waals surface area contributed by atoms with Crippen LogP contribution in [0.2, 0.25) is 0 Å². The number of fused-ring (bicyclic) bond motifs is 1. The first-order valence-electron chi connectivity index (χ1n) is 12.2. The van der Waals surface area contributed by atoms with Crippen molar-refractivity contribution in [2.75, 3.05) is 57.3 Å². The molecule has 0 radical (unpaired) electrons. The SMILES string of the molecule is O=C(C1CCN(c2ccc3nnc(C(F)(F)F)n3n2)CC1)N1CCN(C(=O)N2CCCCC2)CC1. The van der Waals surface area contributed by atoms with Crippen LogP contribution in [0.1, 0.15) is 37.9 Å². The minimum Gasteiger partial charge on any atom is -0.355 e. The van der Waals surface area contributed by atoms with Crippen LogP contribution in [-0.2, 0) is 11.0 Å². The molecule has 0 bridgehead atoms. The Hall–Kier alpha value is -3.12. The monoisotopic (exact) mass is 494 g/mol. The Morgan fingerprint density at radius 1 is 0.800 bits per heavy atom. The van der Waals surface area contributed by atoms with Gasteiger partial charge in [0.25, 0.3) is 5.82 Å². The van der Waals surface area contributed by atoms with E-state index in [0.29, 0.717) is 57.9 Å². The second-order valence-corrected chi connectivity index (χ2v) is 9.39. The number of urea groups is 1. The van der Waals surface area contributed by atoms with Gasteiger partial charge in [-0.2, -0.15) is 17.7 Å². The number of piperidine rings is 2. The van der Waals surface area contributed by atoms with Crippen LogP contribution in [0.5, 0.6) is 0 Å². The Kier molecular flexibility index (Phi) is 6.41. The number of amides is 3. The minimum absolute atomic E-state index is 0.0315. The van der Waals surface area contributed by atoms with Crippen molar-refractivity contribution >= 4 is 23.4 Å². The highest BCUT2D eigenvalue weighted by Crippen LogP contribution is 2.29. The molecule has 3 fully saturated rings. The van der Waals surface area contributed by atoms with Crippen molar-refractivity contribution in [3.05, 3.63) is 18.0 Å². The van der Waals surface area contributed by atoms with Gasteiger partial charge < -0.3 is 19.6 Å². The molecule has 0 aromatic carbocycles. The number of hydrogen-bond donors (Lipinski definition) is 0. The topological polar surface area (TPSA) is 90.2 Å². The van der Waals surface area contributed by atoms with E-state index in [-0.39, 0.29) is 23.5 Å². The maximum atomic E-state index is 13.2. The zero-order valence-electron chi connectivity index (χ0n) is 19.5. The Labute approximate surface area is 200 Å². The van der Waals surface area contributed by atoms with E-state index in [0.717, 1.165) is 30.4 Å². The molecule has 0 saturated carbocycles. The van der Waals surface area contributed by atoms with E-state index in [1.807, 2.05) is 19.6 Å². The van der Waals surface area contributed by atoms with Crippen LogP contribution in [0.25, 0.3) is 5.65 Å². The molecule has 13 heteroatoms. The molecule has 3 aliphatic rings. The molecule has 5 rings (SSSR count). The van der Waals surface area contributed by atoms with Crippen molar-refractivity contribution in [2.24, 2.45) is 5.92 Å². The number of carbonyl (C=O) groups is 2. The van der Waals surface area contributed by atoms with Crippen LogP contribution >= 0.6 is 0 Å². The average molecular weight is 495 g/mol. The molecule has 10 nitrogen and oxygen atoms in total. The maximum Gasteiger partial charge on any atom is 0.453 e. The molecule has 3 amide bonds. The summed E-state index contributed by atoms with van der Waals surface area (Å²) in [5, 5.41) is 10.9. The zero-order valence-corrected chi connectivity index (χ0v) is 19.5. The van der Waals surface area contributed by atoms with Crippen LogP contribution in [0, 0.1) is 5.92 Å². The van der Waals surface area contributed by atoms with Gasteiger partial charge in [-0.05, 0) is 44.2 Å². The number of alkyl halides is 3. The number of nitrogens with zero attached hydrogens (tertiary/aromatic N) is 8. The van der Waals surface area contributed by atoms with Crippen LogP contribution < -0.4 is 4.90 Å². The van der Waals surface area contributed by atoms with Gasteiger partial charge >= 0.3 is 12.2 Å². The molecular weight excluding hydrogens is 465 g/mol. The first kappa shape index (κ1) is 23.6. The van der Waals surface area contributed by atoms with Crippen molar-refractivity contribution in [3.63, 3.8) is 0 Å². The van der Waals surface area contributed by atoms with Crippen molar-refractivity contribution < 1.29 is 22.8 Å². The number of hydrogen-bond acceptors (Lipinski definition) is 6. The van der Waals surface area contributed by atoms with Crippen LogP contribution in [0.3, 0.4) is 0 Å². The Bertz CT molecular complexity index is 1070. The standard InChI is InChI=1S/C22H29F3N8O2/c23-22(24,25)20-27-26-17-4-5-18(28-33(17)20)29-10-6-16(7-11-29)19(34)30-12-14-32(15-13-30)21(35)31-8-2-1-3-9-31/h4-5,16H,1-3,6-15H2. The molecule has 0 spiro atoms. The number of aromatic nitrogens is 4. The van der Waals surface area contributed by atoms with Crippen LogP contribution in [0.4, 0.5) is 23.8 Å². The van der Waals surface area contributed by atoms with Crippen molar-refractivity contribution in [1.82, 2.24) is 34.5 Å². The van der Waals surface area contributed by atoms with E-state index in [4.69, 9.17) is 0 Å². The molecule has 3 aliphatic heterocycles. The lowest BCUT2D eigenvalue weighted by Gasteiger charge is -2.40. The summed E-state index contributed by atoms with van der Waals surface area (Å²) in [7, 11) is 0. The number of likely N-dealkylation sites (tertiary alicyclic amines) is 1. The summed E-state index contributed by atoms with van der Waals surface area (Å²) in [5.74, 6) is -0.799. The molecular formula is C22H29F3N8O2. The minimum atomic E-state index is -4.65. The first-order chi connectivity index (χ1) is 16.8. The fourth-order valence-electron chi connectivity index (χ4n) is 5.14. The second-order valence-electron chi connectivity index (χ2n) is 9.39. The predicted molar refractivity (Wildman–Crippen MR) is 120 cm³/mol. The number of rotatable bonds is 2. The lowest BCUT2D eigenvalue weighted by Crippen LogP contribution is -2.56. The van der Waals surface area contributed by atoms with Gasteiger partial charge in [-0.15, -0.1) is 15.3 Å². The lowest BCUT2D eigenvalue weighted by atomic mass is 9.95. The van der Waals surface area contributed by atoms with E-state index in [1.54, 1.807) is 6.07 Å². The molecule has 3 saturated heterocycles. The molecule has 0 unspecified atom stereocenters. The van der Waals surface area contributed by atoms with E-state index >= 15 is 0 Å². The summed E-state index contributed by atoms with van der Waals surface area (Å²) in [6.07, 6.45) is -0.179. The van der Waals surface area contributed by atoms with Crippen LogP contribution in [-0.4, -0.2) is 98.8 Å². The number of carbonyl (C=O) groups excluding carboxylic acids is 2. The van der Waals surface area contributed by atoms with Gasteiger partial charge in [0.15, 0.2) is 5.65 Å². The second kappa shape index (κ2) is 9.50. The van der Waals surface area contributed by atoms with Crippen molar-refractivity contribution in [3.8, 4) is 0 Å². The highest BCUT2D eigenvalue weighted by molar-refractivity contribution is 5.80. The van der Waals surface area contributed by atoms with Crippen LogP contribution in [0.15, 0.2) is 12.1 Å². The van der Waals surface area contributed by atoms with E-state index < -0.39 is 12.0 Å². The number of halogens is 3. The van der Waals surface area contributed by atoms with Gasteiger partial charge in [0.2, 0.25) is 5.91 Å². The summed E-state index contributed by atoms with van der Waals surface area (Å²) in [6, 6.07) is 3.17. The Morgan fingerprint density at radius 3 is 2.09 bits per heavy atom. The fourth-order valence-corrected chi connectivity index (χ4v) is 5.14. The molecule has 190 valence electrons. The van der Waals surface area contributed by atoms with Gasteiger partial charge in [0, 0.05) is 58.3 Å². The normalized spacial score (nSPS) is 20.5. The van der Waals surface area contributed by atoms with E-state index in [9.17, 15) is 22.8 Å². The molecule has 5 heterocycles. The Morgan fingerprint density at radius 2 is 1.43 bits per heavy atom. The lowest BCUT2D eigenvalue weighted by molar-refractivity contribution is -0.146. The Balaban J connectivity index is 1.14. The summed E-state index contributed by atoms with van der Waals surface area (Å²) in [4.78, 5) is 33.3. The predicted octanol–water partition coefficient (Wildman–Crippen LogP) is 2.11. The van der Waals surface area contributed by atoms with Crippen molar-refractivity contribution in [2.45, 2.75) is 38.3 Å². The van der Waals surface area contributed by atoms with Gasteiger partial charge in [-0.25, -0.2) is 4.79 Å². The maximum absolute atomic E-state index is 13.2. The quantitative estimate of drug-likeness (QED) is 0.635.